The quantitative estimate of drug-likeness (QED) is 0.621. The van der Waals surface area contributed by atoms with Crippen molar-refractivity contribution in [3.63, 3.8) is 0 Å². The van der Waals surface area contributed by atoms with Crippen molar-refractivity contribution >= 4 is 32.7 Å². The van der Waals surface area contributed by atoms with E-state index >= 15 is 0 Å². The minimum atomic E-state index is 0.544. The van der Waals surface area contributed by atoms with Gasteiger partial charge in [-0.1, -0.05) is 40.2 Å². The number of aromatic nitrogens is 1. The molecule has 0 spiro atoms. The second-order valence-corrected chi connectivity index (χ2v) is 7.02. The number of para-hydroxylation sites is 1. The van der Waals surface area contributed by atoms with Crippen molar-refractivity contribution in [1.29, 1.82) is 0 Å². The first-order valence-electron chi connectivity index (χ1n) is 8.31. The molecule has 0 amide bonds. The number of rotatable bonds is 4. The molecule has 1 fully saturated rings. The van der Waals surface area contributed by atoms with Gasteiger partial charge in [0.15, 0.2) is 0 Å². The molecule has 24 heavy (non-hydrogen) atoms. The van der Waals surface area contributed by atoms with Gasteiger partial charge in [0.25, 0.3) is 0 Å². The summed E-state index contributed by atoms with van der Waals surface area (Å²) in [5.41, 5.74) is 2.09. The maximum absolute atomic E-state index is 6.07. The van der Waals surface area contributed by atoms with Crippen molar-refractivity contribution in [2.24, 2.45) is 0 Å². The molecule has 1 saturated heterocycles. The summed E-state index contributed by atoms with van der Waals surface area (Å²) in [7, 11) is 0. The van der Waals surface area contributed by atoms with Gasteiger partial charge in [-0.25, -0.2) is 4.98 Å². The van der Waals surface area contributed by atoms with Crippen LogP contribution in [0.25, 0.3) is 10.9 Å². The van der Waals surface area contributed by atoms with E-state index in [-0.39, 0.29) is 0 Å². The van der Waals surface area contributed by atoms with E-state index in [1.165, 1.54) is 12.8 Å². The summed E-state index contributed by atoms with van der Waals surface area (Å²) >= 11 is 3.46. The molecule has 0 N–H and O–H groups in total. The van der Waals surface area contributed by atoms with Crippen LogP contribution in [0.1, 0.15) is 18.4 Å². The fraction of sp³-hybridized carbons (Fsp3) is 0.250. The van der Waals surface area contributed by atoms with E-state index in [9.17, 15) is 0 Å². The molecule has 0 atom stereocenters. The van der Waals surface area contributed by atoms with Crippen LogP contribution in [-0.4, -0.2) is 18.1 Å². The fourth-order valence-electron chi connectivity index (χ4n) is 3.09. The van der Waals surface area contributed by atoms with Crippen LogP contribution in [0.5, 0.6) is 5.75 Å². The molecule has 4 rings (SSSR count). The average Bonchev–Trinajstić information content (AvgIpc) is 3.15. The Morgan fingerprint density at radius 2 is 1.75 bits per heavy atom. The van der Waals surface area contributed by atoms with E-state index in [4.69, 9.17) is 9.72 Å². The van der Waals surface area contributed by atoms with E-state index in [1.54, 1.807) is 0 Å². The van der Waals surface area contributed by atoms with Crippen LogP contribution >= 0.6 is 15.9 Å². The number of hydrogen-bond acceptors (Lipinski definition) is 3. The second-order valence-electron chi connectivity index (χ2n) is 6.11. The molecule has 122 valence electrons. The van der Waals surface area contributed by atoms with Crippen LogP contribution < -0.4 is 9.64 Å². The lowest BCUT2D eigenvalue weighted by molar-refractivity contribution is 0.309. The summed E-state index contributed by atoms with van der Waals surface area (Å²) in [6.07, 6.45) is 2.50. The predicted octanol–water partition coefficient (Wildman–Crippen LogP) is 5.18. The number of pyridine rings is 1. The molecule has 0 saturated carbocycles. The van der Waals surface area contributed by atoms with Gasteiger partial charge in [0.2, 0.25) is 0 Å². The third kappa shape index (κ3) is 3.24. The zero-order valence-corrected chi connectivity index (χ0v) is 15.0. The maximum atomic E-state index is 6.07. The van der Waals surface area contributed by atoms with E-state index in [1.807, 2.05) is 24.3 Å². The molecule has 3 nitrogen and oxygen atoms in total. The highest BCUT2D eigenvalue weighted by Gasteiger charge is 2.14. The second kappa shape index (κ2) is 6.81. The zero-order valence-electron chi connectivity index (χ0n) is 13.4. The Bertz CT molecular complexity index is 842. The van der Waals surface area contributed by atoms with Crippen molar-refractivity contribution in [2.75, 3.05) is 18.0 Å². The first kappa shape index (κ1) is 15.5. The largest absolute Gasteiger partial charge is 0.487 e. The van der Waals surface area contributed by atoms with Gasteiger partial charge in [0, 0.05) is 22.9 Å². The molecule has 0 bridgehead atoms. The van der Waals surface area contributed by atoms with Gasteiger partial charge in [0.1, 0.15) is 23.7 Å². The molecule has 4 heteroatoms. The van der Waals surface area contributed by atoms with Crippen LogP contribution in [0.3, 0.4) is 0 Å². The fourth-order valence-corrected chi connectivity index (χ4v) is 3.35. The van der Waals surface area contributed by atoms with Gasteiger partial charge in [-0.15, -0.1) is 0 Å². The Kier molecular flexibility index (Phi) is 4.39. The smallest absolute Gasteiger partial charge is 0.146 e. The van der Waals surface area contributed by atoms with E-state index in [2.05, 4.69) is 51.2 Å². The number of anilines is 1. The van der Waals surface area contributed by atoms with Crippen LogP contribution in [0, 0.1) is 0 Å². The Morgan fingerprint density at radius 1 is 0.958 bits per heavy atom. The minimum Gasteiger partial charge on any atom is -0.487 e. The molecule has 1 aliphatic rings. The monoisotopic (exact) mass is 382 g/mol. The van der Waals surface area contributed by atoms with E-state index in [0.29, 0.717) is 6.61 Å². The maximum Gasteiger partial charge on any atom is 0.146 e. The number of halogens is 1. The van der Waals surface area contributed by atoms with Crippen LogP contribution in [0.15, 0.2) is 59.1 Å². The normalized spacial score (nSPS) is 14.3. The zero-order chi connectivity index (χ0) is 16.4. The first-order chi connectivity index (χ1) is 11.8. The molecule has 2 heterocycles. The molecule has 0 radical (unpaired) electrons. The number of nitrogens with zero attached hydrogens (tertiary/aromatic N) is 2. The number of hydrogen-bond donors (Lipinski definition) is 0. The lowest BCUT2D eigenvalue weighted by Gasteiger charge is -2.17. The highest BCUT2D eigenvalue weighted by Crippen LogP contribution is 2.28. The Hall–Kier alpha value is -2.07. The molecule has 1 aliphatic heterocycles. The van der Waals surface area contributed by atoms with Crippen molar-refractivity contribution < 1.29 is 4.74 Å². The lowest BCUT2D eigenvalue weighted by atomic mass is 10.2. The van der Waals surface area contributed by atoms with Crippen LogP contribution in [-0.2, 0) is 6.61 Å². The van der Waals surface area contributed by atoms with Crippen molar-refractivity contribution in [2.45, 2.75) is 19.4 Å². The average molecular weight is 383 g/mol. The summed E-state index contributed by atoms with van der Waals surface area (Å²) < 4.78 is 7.14. The Labute approximate surface area is 150 Å². The predicted molar refractivity (Wildman–Crippen MR) is 102 cm³/mol. The van der Waals surface area contributed by atoms with Crippen molar-refractivity contribution in [3.8, 4) is 5.75 Å². The minimum absolute atomic E-state index is 0.544. The topological polar surface area (TPSA) is 25.4 Å². The number of ether oxygens (including phenoxy) is 1. The van der Waals surface area contributed by atoms with E-state index in [0.717, 1.165) is 45.6 Å². The van der Waals surface area contributed by atoms with Gasteiger partial charge in [-0.05, 0) is 48.7 Å². The summed E-state index contributed by atoms with van der Waals surface area (Å²) in [5, 5.41) is 1.12. The van der Waals surface area contributed by atoms with Gasteiger partial charge in [-0.3, -0.25) is 0 Å². The summed E-state index contributed by atoms with van der Waals surface area (Å²) in [6, 6.07) is 18.6. The summed E-state index contributed by atoms with van der Waals surface area (Å²) in [6.45, 7) is 2.74. The highest BCUT2D eigenvalue weighted by molar-refractivity contribution is 9.10. The van der Waals surface area contributed by atoms with Crippen LogP contribution in [0.2, 0.25) is 0 Å². The molecule has 2 aromatic carbocycles. The van der Waals surface area contributed by atoms with Crippen LogP contribution in [0.4, 0.5) is 5.82 Å². The third-order valence-corrected chi connectivity index (χ3v) is 4.93. The van der Waals surface area contributed by atoms with Gasteiger partial charge < -0.3 is 9.64 Å². The Balaban J connectivity index is 1.61. The number of benzene rings is 2. The SMILES string of the molecule is Brc1ccc(COc2cccc3ccc(N4CCCC4)nc23)cc1. The highest BCUT2D eigenvalue weighted by atomic mass is 79.9. The molecular formula is C20H19BrN2O. The molecule has 0 unspecified atom stereocenters. The molecular weight excluding hydrogens is 364 g/mol. The summed E-state index contributed by atoms with van der Waals surface area (Å²) in [4.78, 5) is 7.23. The van der Waals surface area contributed by atoms with Gasteiger partial charge in [0.05, 0.1) is 0 Å². The molecule has 0 aliphatic carbocycles. The standard InChI is InChI=1S/C20H19BrN2O/c21-17-9-6-15(7-10-17)14-24-18-5-3-4-16-8-11-19(22-20(16)18)23-12-1-2-13-23/h3-11H,1-2,12-14H2. The van der Waals surface area contributed by atoms with Crippen molar-refractivity contribution in [1.82, 2.24) is 4.98 Å². The Morgan fingerprint density at radius 3 is 2.54 bits per heavy atom. The summed E-state index contributed by atoms with van der Waals surface area (Å²) in [5.74, 6) is 1.90. The lowest BCUT2D eigenvalue weighted by Crippen LogP contribution is -2.18. The molecule has 1 aromatic heterocycles. The van der Waals surface area contributed by atoms with Crippen molar-refractivity contribution in [3.05, 3.63) is 64.6 Å². The van der Waals surface area contributed by atoms with Gasteiger partial charge >= 0.3 is 0 Å². The third-order valence-electron chi connectivity index (χ3n) is 4.41. The molecule has 3 aromatic rings. The van der Waals surface area contributed by atoms with Gasteiger partial charge in [-0.2, -0.15) is 0 Å². The number of fused-ring (bicyclic) bond motifs is 1. The van der Waals surface area contributed by atoms with E-state index < -0.39 is 0 Å². The first-order valence-corrected chi connectivity index (χ1v) is 9.11.